The minimum Gasteiger partial charge on any atom is -0.441 e. The number of nitrogens with zero attached hydrogens (tertiary/aromatic N) is 3. The van der Waals surface area contributed by atoms with Gasteiger partial charge in [0.15, 0.2) is 0 Å². The number of urea groups is 1. The van der Waals surface area contributed by atoms with Gasteiger partial charge < -0.3 is 20.0 Å². The second-order valence-corrected chi connectivity index (χ2v) is 8.77. The third kappa shape index (κ3) is 5.40. The van der Waals surface area contributed by atoms with E-state index in [4.69, 9.17) is 16.0 Å². The highest BCUT2D eigenvalue weighted by Crippen LogP contribution is 2.24. The Labute approximate surface area is 203 Å². The average molecular weight is 482 g/mol. The molecule has 1 aliphatic heterocycles. The first-order valence-electron chi connectivity index (χ1n) is 11.2. The molecular weight excluding hydrogens is 454 g/mol. The Hall–Kier alpha value is -3.36. The van der Waals surface area contributed by atoms with Gasteiger partial charge in [0.2, 0.25) is 5.89 Å². The van der Waals surface area contributed by atoms with Gasteiger partial charge in [-0.25, -0.2) is 9.78 Å². The Kier molecular flexibility index (Phi) is 7.19. The van der Waals surface area contributed by atoms with Crippen LogP contribution in [-0.2, 0) is 6.54 Å². The molecule has 1 saturated heterocycles. The first-order chi connectivity index (χ1) is 16.3. The van der Waals surface area contributed by atoms with Crippen LogP contribution in [0.4, 0.5) is 10.5 Å². The number of halogens is 1. The largest absolute Gasteiger partial charge is 0.441 e. The summed E-state index contributed by atoms with van der Waals surface area (Å²) in [6, 6.07) is 12.5. The van der Waals surface area contributed by atoms with E-state index in [0.717, 1.165) is 41.4 Å². The number of anilines is 1. The number of aryl methyl sites for hydroxylation is 2. The van der Waals surface area contributed by atoms with Crippen LogP contribution in [0.25, 0.3) is 11.5 Å². The van der Waals surface area contributed by atoms with Crippen molar-refractivity contribution in [3.05, 3.63) is 70.1 Å². The van der Waals surface area contributed by atoms with Crippen molar-refractivity contribution in [2.24, 2.45) is 0 Å². The Morgan fingerprint density at radius 3 is 2.44 bits per heavy atom. The minimum atomic E-state index is -0.133. The standard InChI is InChI=1S/C25H28ClN5O3/c1-16-4-9-20(26)14-21(16)29-25(33)31-12-10-30(11-13-31)15-22-17(2)34-24(28-22)19-7-5-18(6-8-19)23(32)27-3/h4-9,14H,10-13,15H2,1-3H3,(H,27,32)(H,29,33). The molecule has 178 valence electrons. The summed E-state index contributed by atoms with van der Waals surface area (Å²) in [6.07, 6.45) is 0. The fraction of sp³-hybridized carbons (Fsp3) is 0.320. The summed E-state index contributed by atoms with van der Waals surface area (Å²) in [5.74, 6) is 1.17. The molecule has 1 aliphatic rings. The maximum atomic E-state index is 12.7. The Bertz CT molecular complexity index is 1180. The zero-order valence-electron chi connectivity index (χ0n) is 19.5. The lowest BCUT2D eigenvalue weighted by Crippen LogP contribution is -2.49. The van der Waals surface area contributed by atoms with Crippen LogP contribution in [0.3, 0.4) is 0 Å². The molecule has 0 unspecified atom stereocenters. The summed E-state index contributed by atoms with van der Waals surface area (Å²) >= 11 is 6.06. The van der Waals surface area contributed by atoms with Crippen LogP contribution < -0.4 is 10.6 Å². The minimum absolute atomic E-state index is 0.120. The van der Waals surface area contributed by atoms with Gasteiger partial charge in [0.25, 0.3) is 5.91 Å². The molecule has 0 atom stereocenters. The molecule has 9 heteroatoms. The summed E-state index contributed by atoms with van der Waals surface area (Å²) < 4.78 is 5.89. The van der Waals surface area contributed by atoms with Crippen molar-refractivity contribution >= 4 is 29.2 Å². The third-order valence-corrected chi connectivity index (χ3v) is 6.22. The van der Waals surface area contributed by atoms with Gasteiger partial charge in [0.05, 0.1) is 5.69 Å². The highest BCUT2D eigenvalue weighted by atomic mass is 35.5. The number of hydrogen-bond donors (Lipinski definition) is 2. The predicted octanol–water partition coefficient (Wildman–Crippen LogP) is 4.32. The van der Waals surface area contributed by atoms with E-state index in [-0.39, 0.29) is 11.9 Å². The highest BCUT2D eigenvalue weighted by Gasteiger charge is 2.23. The molecule has 34 heavy (non-hydrogen) atoms. The Morgan fingerprint density at radius 2 is 1.76 bits per heavy atom. The summed E-state index contributed by atoms with van der Waals surface area (Å²) in [7, 11) is 1.60. The van der Waals surface area contributed by atoms with Crippen LogP contribution in [0.1, 0.15) is 27.4 Å². The van der Waals surface area contributed by atoms with Crippen molar-refractivity contribution in [3.8, 4) is 11.5 Å². The molecule has 0 spiro atoms. The van der Waals surface area contributed by atoms with Crippen molar-refractivity contribution in [2.75, 3.05) is 38.5 Å². The lowest BCUT2D eigenvalue weighted by molar-refractivity contribution is 0.0963. The molecule has 1 fully saturated rings. The molecule has 0 bridgehead atoms. The highest BCUT2D eigenvalue weighted by molar-refractivity contribution is 6.31. The molecule has 3 amide bonds. The molecule has 0 aliphatic carbocycles. The van der Waals surface area contributed by atoms with Gasteiger partial charge in [-0.3, -0.25) is 9.69 Å². The maximum Gasteiger partial charge on any atom is 0.321 e. The molecule has 4 rings (SSSR count). The molecule has 2 N–H and O–H groups in total. The summed E-state index contributed by atoms with van der Waals surface area (Å²) in [5, 5.41) is 6.16. The maximum absolute atomic E-state index is 12.7. The summed E-state index contributed by atoms with van der Waals surface area (Å²) in [6.45, 7) is 7.21. The quantitative estimate of drug-likeness (QED) is 0.566. The number of oxazole rings is 1. The lowest BCUT2D eigenvalue weighted by atomic mass is 10.1. The van der Waals surface area contributed by atoms with Crippen LogP contribution in [0.5, 0.6) is 0 Å². The monoisotopic (exact) mass is 481 g/mol. The first-order valence-corrected chi connectivity index (χ1v) is 11.5. The number of rotatable bonds is 5. The molecule has 0 saturated carbocycles. The molecule has 3 aromatic rings. The van der Waals surface area contributed by atoms with Crippen LogP contribution in [-0.4, -0.2) is 59.9 Å². The van der Waals surface area contributed by atoms with E-state index in [2.05, 4.69) is 20.5 Å². The number of nitrogens with one attached hydrogen (secondary N) is 2. The number of hydrogen-bond acceptors (Lipinski definition) is 5. The molecule has 2 aromatic carbocycles. The van der Waals surface area contributed by atoms with E-state index in [1.807, 2.05) is 43.0 Å². The number of carbonyl (C=O) groups excluding carboxylic acids is 2. The van der Waals surface area contributed by atoms with Crippen molar-refractivity contribution in [1.82, 2.24) is 20.1 Å². The van der Waals surface area contributed by atoms with Gasteiger partial charge in [0, 0.05) is 61.6 Å². The van der Waals surface area contributed by atoms with Crippen LogP contribution in [0.15, 0.2) is 46.9 Å². The van der Waals surface area contributed by atoms with E-state index >= 15 is 0 Å². The molecule has 2 heterocycles. The van der Waals surface area contributed by atoms with Gasteiger partial charge >= 0.3 is 6.03 Å². The van der Waals surface area contributed by atoms with Crippen LogP contribution in [0.2, 0.25) is 5.02 Å². The van der Waals surface area contributed by atoms with Crippen molar-refractivity contribution in [1.29, 1.82) is 0 Å². The Morgan fingerprint density at radius 1 is 1.06 bits per heavy atom. The molecular formula is C25H28ClN5O3. The zero-order valence-corrected chi connectivity index (χ0v) is 20.3. The van der Waals surface area contributed by atoms with Crippen LogP contribution >= 0.6 is 11.6 Å². The van der Waals surface area contributed by atoms with Gasteiger partial charge in [-0.05, 0) is 55.8 Å². The van der Waals surface area contributed by atoms with E-state index in [0.29, 0.717) is 36.1 Å². The lowest BCUT2D eigenvalue weighted by Gasteiger charge is -2.34. The van der Waals surface area contributed by atoms with E-state index in [1.54, 1.807) is 25.2 Å². The Balaban J connectivity index is 1.33. The van der Waals surface area contributed by atoms with E-state index in [1.165, 1.54) is 0 Å². The third-order valence-electron chi connectivity index (χ3n) is 5.99. The summed E-state index contributed by atoms with van der Waals surface area (Å²) in [4.78, 5) is 33.2. The van der Waals surface area contributed by atoms with Crippen molar-refractivity contribution in [3.63, 3.8) is 0 Å². The second kappa shape index (κ2) is 10.3. The van der Waals surface area contributed by atoms with Crippen LogP contribution in [0, 0.1) is 13.8 Å². The predicted molar refractivity (Wildman–Crippen MR) is 132 cm³/mol. The average Bonchev–Trinajstić information content (AvgIpc) is 3.21. The van der Waals surface area contributed by atoms with E-state index < -0.39 is 0 Å². The SMILES string of the molecule is CNC(=O)c1ccc(-c2nc(CN3CCN(C(=O)Nc4cc(Cl)ccc4C)CC3)c(C)o2)cc1. The topological polar surface area (TPSA) is 90.7 Å². The van der Waals surface area contributed by atoms with Gasteiger partial charge in [0.1, 0.15) is 5.76 Å². The number of amides is 3. The number of carbonyl (C=O) groups is 2. The zero-order chi connectivity index (χ0) is 24.2. The normalized spacial score (nSPS) is 14.2. The van der Waals surface area contributed by atoms with E-state index in [9.17, 15) is 9.59 Å². The summed E-state index contributed by atoms with van der Waals surface area (Å²) in [5.41, 5.74) is 3.98. The molecule has 0 radical (unpaired) electrons. The number of aromatic nitrogens is 1. The fourth-order valence-electron chi connectivity index (χ4n) is 3.85. The number of benzene rings is 2. The number of piperazine rings is 1. The van der Waals surface area contributed by atoms with Crippen molar-refractivity contribution in [2.45, 2.75) is 20.4 Å². The van der Waals surface area contributed by atoms with Crippen molar-refractivity contribution < 1.29 is 14.0 Å². The molecule has 1 aromatic heterocycles. The fourth-order valence-corrected chi connectivity index (χ4v) is 4.02. The second-order valence-electron chi connectivity index (χ2n) is 8.33. The van der Waals surface area contributed by atoms with Gasteiger partial charge in [-0.1, -0.05) is 17.7 Å². The first kappa shape index (κ1) is 23.8. The smallest absolute Gasteiger partial charge is 0.321 e. The van der Waals surface area contributed by atoms with Gasteiger partial charge in [-0.15, -0.1) is 0 Å². The van der Waals surface area contributed by atoms with Gasteiger partial charge in [-0.2, -0.15) is 0 Å². The molecule has 8 nitrogen and oxygen atoms in total.